The fourth-order valence-corrected chi connectivity index (χ4v) is 5.84. The fourth-order valence-electron chi connectivity index (χ4n) is 4.65. The van der Waals surface area contributed by atoms with Crippen molar-refractivity contribution < 1.29 is 9.59 Å². The fraction of sp³-hybridized carbons (Fsp3) is 0.333. The first-order valence-electron chi connectivity index (χ1n) is 12.7. The SMILES string of the molecule is O=C(NC1CCCC1)[C@@H](Cc1ccccc1)N(Cc1ccccc1Cl)C(=O)CSCc1ccc(Cl)cc1. The van der Waals surface area contributed by atoms with Crippen molar-refractivity contribution in [1.82, 2.24) is 10.2 Å². The van der Waals surface area contributed by atoms with Crippen molar-refractivity contribution in [3.63, 3.8) is 0 Å². The van der Waals surface area contributed by atoms with E-state index in [-0.39, 0.29) is 30.2 Å². The smallest absolute Gasteiger partial charge is 0.243 e. The quantitative estimate of drug-likeness (QED) is 0.279. The molecule has 7 heteroatoms. The Hall–Kier alpha value is -2.47. The van der Waals surface area contributed by atoms with Crippen LogP contribution in [0.15, 0.2) is 78.9 Å². The molecule has 0 radical (unpaired) electrons. The van der Waals surface area contributed by atoms with E-state index in [1.54, 1.807) is 4.90 Å². The van der Waals surface area contributed by atoms with E-state index in [9.17, 15) is 9.59 Å². The summed E-state index contributed by atoms with van der Waals surface area (Å²) in [6, 6.07) is 24.6. The number of rotatable bonds is 11. The van der Waals surface area contributed by atoms with Gasteiger partial charge in [0.15, 0.2) is 0 Å². The van der Waals surface area contributed by atoms with Gasteiger partial charge in [0, 0.05) is 34.8 Å². The molecule has 4 rings (SSSR count). The predicted octanol–water partition coefficient (Wildman–Crippen LogP) is 6.93. The van der Waals surface area contributed by atoms with Crippen LogP contribution in [0.4, 0.5) is 0 Å². The van der Waals surface area contributed by atoms with Gasteiger partial charge in [-0.3, -0.25) is 9.59 Å². The standard InChI is InChI=1S/C30H32Cl2N2O2S/c31-25-16-14-23(15-17-25)20-37-21-29(35)34(19-24-10-4-7-13-27(24)32)28(18-22-8-2-1-3-9-22)30(36)33-26-11-5-6-12-26/h1-4,7-10,13-17,26,28H,5-6,11-12,18-21H2,(H,33,36)/t28-/m1/s1. The summed E-state index contributed by atoms with van der Waals surface area (Å²) < 4.78 is 0. The van der Waals surface area contributed by atoms with Gasteiger partial charge in [-0.25, -0.2) is 0 Å². The van der Waals surface area contributed by atoms with E-state index < -0.39 is 6.04 Å². The van der Waals surface area contributed by atoms with Gasteiger partial charge >= 0.3 is 0 Å². The van der Waals surface area contributed by atoms with E-state index in [4.69, 9.17) is 23.2 Å². The Morgan fingerprint density at radius 2 is 1.57 bits per heavy atom. The van der Waals surface area contributed by atoms with Crippen molar-refractivity contribution >= 4 is 46.8 Å². The lowest BCUT2D eigenvalue weighted by Crippen LogP contribution is -2.52. The Kier molecular flexibility index (Phi) is 10.4. The maximum Gasteiger partial charge on any atom is 0.243 e. The van der Waals surface area contributed by atoms with Crippen LogP contribution < -0.4 is 5.32 Å². The molecule has 194 valence electrons. The van der Waals surface area contributed by atoms with Crippen molar-refractivity contribution in [2.45, 2.75) is 56.5 Å². The zero-order chi connectivity index (χ0) is 26.0. The van der Waals surface area contributed by atoms with Crippen LogP contribution in [-0.4, -0.2) is 34.6 Å². The summed E-state index contributed by atoms with van der Waals surface area (Å²) in [5.74, 6) is 0.760. The second kappa shape index (κ2) is 13.9. The number of nitrogens with one attached hydrogen (secondary N) is 1. The van der Waals surface area contributed by atoms with Crippen LogP contribution in [0.1, 0.15) is 42.4 Å². The largest absolute Gasteiger partial charge is 0.352 e. The molecule has 1 N–H and O–H groups in total. The van der Waals surface area contributed by atoms with Crippen molar-refractivity contribution in [2.75, 3.05) is 5.75 Å². The van der Waals surface area contributed by atoms with Gasteiger partial charge in [-0.15, -0.1) is 11.8 Å². The van der Waals surface area contributed by atoms with E-state index in [1.807, 2.05) is 78.9 Å². The molecule has 3 aromatic carbocycles. The molecule has 0 spiro atoms. The molecule has 37 heavy (non-hydrogen) atoms. The van der Waals surface area contributed by atoms with E-state index in [1.165, 1.54) is 11.8 Å². The number of benzene rings is 3. The molecule has 1 saturated carbocycles. The minimum absolute atomic E-state index is 0.0820. The maximum atomic E-state index is 13.7. The number of hydrogen-bond acceptors (Lipinski definition) is 3. The zero-order valence-electron chi connectivity index (χ0n) is 20.7. The number of carbonyl (C=O) groups is 2. The zero-order valence-corrected chi connectivity index (χ0v) is 23.1. The molecule has 1 atom stereocenters. The minimum atomic E-state index is -0.636. The number of nitrogens with zero attached hydrogens (tertiary/aromatic N) is 1. The summed E-state index contributed by atoms with van der Waals surface area (Å²) in [5, 5.41) is 4.51. The van der Waals surface area contributed by atoms with Gasteiger partial charge in [0.2, 0.25) is 11.8 Å². The average Bonchev–Trinajstić information content (AvgIpc) is 3.42. The van der Waals surface area contributed by atoms with Crippen LogP contribution in [0.25, 0.3) is 0 Å². The van der Waals surface area contributed by atoms with E-state index in [0.717, 1.165) is 42.4 Å². The summed E-state index contributed by atoms with van der Waals surface area (Å²) in [6.45, 7) is 0.273. The van der Waals surface area contributed by atoms with Crippen molar-refractivity contribution in [1.29, 1.82) is 0 Å². The van der Waals surface area contributed by atoms with Gasteiger partial charge < -0.3 is 10.2 Å². The van der Waals surface area contributed by atoms with Crippen molar-refractivity contribution in [2.24, 2.45) is 0 Å². The Labute approximate surface area is 233 Å². The molecule has 0 bridgehead atoms. The van der Waals surface area contributed by atoms with Gasteiger partial charge in [-0.05, 0) is 47.7 Å². The van der Waals surface area contributed by atoms with E-state index in [0.29, 0.717) is 22.2 Å². The predicted molar refractivity (Wildman–Crippen MR) is 154 cm³/mol. The van der Waals surface area contributed by atoms with Crippen LogP contribution in [-0.2, 0) is 28.3 Å². The van der Waals surface area contributed by atoms with Crippen LogP contribution in [0, 0.1) is 0 Å². The maximum absolute atomic E-state index is 13.7. The summed E-state index contributed by atoms with van der Waals surface area (Å²) in [6.07, 6.45) is 4.66. The number of carbonyl (C=O) groups excluding carboxylic acids is 2. The van der Waals surface area contributed by atoms with Crippen LogP contribution in [0.2, 0.25) is 10.0 Å². The molecule has 2 amide bonds. The lowest BCUT2D eigenvalue weighted by atomic mass is 10.0. The monoisotopic (exact) mass is 554 g/mol. The highest BCUT2D eigenvalue weighted by molar-refractivity contribution is 7.99. The summed E-state index contributed by atoms with van der Waals surface area (Å²) in [4.78, 5) is 29.1. The van der Waals surface area contributed by atoms with Crippen molar-refractivity contribution in [3.05, 3.63) is 106 Å². The summed E-state index contributed by atoms with van der Waals surface area (Å²) in [5.41, 5.74) is 2.94. The normalized spacial score (nSPS) is 14.3. The highest BCUT2D eigenvalue weighted by Crippen LogP contribution is 2.24. The lowest BCUT2D eigenvalue weighted by molar-refractivity contribution is -0.139. The Morgan fingerprint density at radius 1 is 0.892 bits per heavy atom. The molecule has 0 saturated heterocycles. The molecule has 4 nitrogen and oxygen atoms in total. The molecule has 3 aromatic rings. The molecule has 0 heterocycles. The molecule has 1 fully saturated rings. The van der Waals surface area contributed by atoms with Gasteiger partial charge in [0.1, 0.15) is 6.04 Å². The first-order chi connectivity index (χ1) is 18.0. The second-order valence-electron chi connectivity index (χ2n) is 9.43. The number of hydrogen-bond donors (Lipinski definition) is 1. The van der Waals surface area contributed by atoms with Gasteiger partial charge in [-0.1, -0.05) is 96.7 Å². The van der Waals surface area contributed by atoms with E-state index in [2.05, 4.69) is 5.32 Å². The molecule has 0 aliphatic heterocycles. The Balaban J connectivity index is 1.56. The molecule has 0 aromatic heterocycles. The third-order valence-corrected chi connectivity index (χ3v) is 8.29. The molecule has 1 aliphatic carbocycles. The molecule has 1 aliphatic rings. The summed E-state index contributed by atoms with van der Waals surface area (Å²) >= 11 is 14.0. The molecule has 0 unspecified atom stereocenters. The minimum Gasteiger partial charge on any atom is -0.352 e. The highest BCUT2D eigenvalue weighted by Gasteiger charge is 2.32. The average molecular weight is 556 g/mol. The van der Waals surface area contributed by atoms with Crippen LogP contribution >= 0.6 is 35.0 Å². The first kappa shape index (κ1) is 27.6. The summed E-state index contributed by atoms with van der Waals surface area (Å²) in [7, 11) is 0. The second-order valence-corrected chi connectivity index (χ2v) is 11.3. The van der Waals surface area contributed by atoms with Gasteiger partial charge in [0.05, 0.1) is 5.75 Å². The molecular weight excluding hydrogens is 523 g/mol. The van der Waals surface area contributed by atoms with Gasteiger partial charge in [-0.2, -0.15) is 0 Å². The highest BCUT2D eigenvalue weighted by atomic mass is 35.5. The number of halogens is 2. The lowest BCUT2D eigenvalue weighted by Gasteiger charge is -2.32. The third kappa shape index (κ3) is 8.26. The Morgan fingerprint density at radius 3 is 2.27 bits per heavy atom. The van der Waals surface area contributed by atoms with Crippen molar-refractivity contribution in [3.8, 4) is 0 Å². The molecular formula is C30H32Cl2N2O2S. The van der Waals surface area contributed by atoms with E-state index >= 15 is 0 Å². The van der Waals surface area contributed by atoms with Crippen LogP contribution in [0.3, 0.4) is 0 Å². The number of thioether (sulfide) groups is 1. The van der Waals surface area contributed by atoms with Crippen LogP contribution in [0.5, 0.6) is 0 Å². The van der Waals surface area contributed by atoms with Gasteiger partial charge in [0.25, 0.3) is 0 Å². The third-order valence-electron chi connectivity index (χ3n) is 6.68. The topological polar surface area (TPSA) is 49.4 Å². The first-order valence-corrected chi connectivity index (χ1v) is 14.6. The Bertz CT molecular complexity index is 1170. The number of amides is 2.